The first-order valence-electron chi connectivity index (χ1n) is 15.7. The molecule has 0 aliphatic carbocycles. The van der Waals surface area contributed by atoms with Crippen LogP contribution in [0.4, 0.5) is 9.93 Å². The molecule has 17 heteroatoms. The van der Waals surface area contributed by atoms with Crippen LogP contribution in [0.5, 0.6) is 5.75 Å². The SMILES string of the molecule is COC(=O)COc1ccc(C[C@H]2C(=O)N(Cc3cccc4sc(N)nc34)C[C@H]3N2C(=O)CN3N(CC#N)C(=O)NCc2ccc(Cl)c(Cl)c2)cc1. The Morgan fingerprint density at radius 1 is 1.12 bits per heavy atom. The van der Waals surface area contributed by atoms with E-state index in [0.29, 0.717) is 32.0 Å². The summed E-state index contributed by atoms with van der Waals surface area (Å²) in [4.78, 5) is 60.9. The normalized spacial score (nSPS) is 17.3. The topological polar surface area (TPSA) is 174 Å². The van der Waals surface area contributed by atoms with Crippen molar-refractivity contribution in [2.75, 3.05) is 39.1 Å². The Kier molecular flexibility index (Phi) is 10.8. The van der Waals surface area contributed by atoms with E-state index in [0.717, 1.165) is 15.8 Å². The summed E-state index contributed by atoms with van der Waals surface area (Å²) in [5, 5.41) is 16.4. The predicted molar refractivity (Wildman–Crippen MR) is 189 cm³/mol. The molecule has 3 heterocycles. The Bertz CT molecular complexity index is 2020. The molecule has 4 aromatic rings. The molecule has 14 nitrogen and oxygen atoms in total. The number of carbonyl (C=O) groups excluding carboxylic acids is 4. The number of rotatable bonds is 11. The molecule has 2 saturated heterocycles. The summed E-state index contributed by atoms with van der Waals surface area (Å²) in [7, 11) is 1.27. The standard InChI is InChI=1S/C34H32Cl2N8O6S/c1-49-30(46)19-50-23-8-5-20(6-9-23)14-26-32(47)41(16-22-3-2-4-27-31(22)40-33(38)51-27)17-28-43(18-29(45)44(26)28)42(12-11-37)34(48)39-15-21-7-10-24(35)25(36)13-21/h2-10,13,26,28H,12,14-19H2,1H3,(H2,38,40)(H,39,48)/t26-,28+/m0/s1. The van der Waals surface area contributed by atoms with Gasteiger partial charge in [0.05, 0.1) is 46.5 Å². The Morgan fingerprint density at radius 2 is 1.88 bits per heavy atom. The maximum atomic E-state index is 14.3. The minimum atomic E-state index is -0.939. The monoisotopic (exact) mass is 750 g/mol. The number of hydrogen-bond acceptors (Lipinski definition) is 11. The third kappa shape index (κ3) is 7.79. The molecule has 0 saturated carbocycles. The lowest BCUT2D eigenvalue weighted by atomic mass is 9.99. The summed E-state index contributed by atoms with van der Waals surface area (Å²) in [6.07, 6.45) is -0.621. The zero-order valence-electron chi connectivity index (χ0n) is 27.3. The third-order valence-electron chi connectivity index (χ3n) is 8.58. The number of hydrazine groups is 1. The van der Waals surface area contributed by atoms with Crippen LogP contribution in [0.25, 0.3) is 10.2 Å². The molecule has 1 aromatic heterocycles. The van der Waals surface area contributed by atoms with E-state index in [2.05, 4.69) is 15.0 Å². The Labute approximate surface area is 306 Å². The first-order chi connectivity index (χ1) is 24.6. The van der Waals surface area contributed by atoms with E-state index in [1.165, 1.54) is 33.4 Å². The van der Waals surface area contributed by atoms with Gasteiger partial charge in [-0.05, 0) is 47.0 Å². The summed E-state index contributed by atoms with van der Waals surface area (Å²) in [5.74, 6) is -0.759. The second kappa shape index (κ2) is 15.4. The number of aromatic nitrogens is 1. The summed E-state index contributed by atoms with van der Waals surface area (Å²) in [5.41, 5.74) is 8.88. The highest BCUT2D eigenvalue weighted by molar-refractivity contribution is 7.22. The van der Waals surface area contributed by atoms with Gasteiger partial charge < -0.3 is 30.3 Å². The number of benzene rings is 3. The number of ether oxygens (including phenoxy) is 2. The fraction of sp³-hybridized carbons (Fsp3) is 0.294. The van der Waals surface area contributed by atoms with Crippen LogP contribution in [0.2, 0.25) is 10.0 Å². The van der Waals surface area contributed by atoms with Crippen LogP contribution in [-0.2, 0) is 38.6 Å². The van der Waals surface area contributed by atoms with Gasteiger partial charge >= 0.3 is 12.0 Å². The number of para-hydroxylation sites is 1. The molecule has 4 amide bonds. The molecule has 2 atom stereocenters. The van der Waals surface area contributed by atoms with Gasteiger partial charge in [-0.1, -0.05) is 64.9 Å². The van der Waals surface area contributed by atoms with Crippen molar-refractivity contribution in [1.82, 2.24) is 30.1 Å². The third-order valence-corrected chi connectivity index (χ3v) is 10.2. The van der Waals surface area contributed by atoms with Gasteiger partial charge in [0.1, 0.15) is 24.5 Å². The predicted octanol–water partition coefficient (Wildman–Crippen LogP) is 3.81. The molecule has 3 N–H and O–H groups in total. The molecular weight excluding hydrogens is 719 g/mol. The maximum Gasteiger partial charge on any atom is 0.343 e. The molecule has 2 fully saturated rings. The van der Waals surface area contributed by atoms with Crippen molar-refractivity contribution in [3.05, 3.63) is 87.4 Å². The number of anilines is 1. The van der Waals surface area contributed by atoms with Gasteiger partial charge in [0, 0.05) is 19.5 Å². The number of carbonyl (C=O) groups is 4. The zero-order chi connectivity index (χ0) is 36.2. The lowest BCUT2D eigenvalue weighted by Crippen LogP contribution is -2.66. The van der Waals surface area contributed by atoms with E-state index in [1.807, 2.05) is 24.3 Å². The van der Waals surface area contributed by atoms with Crippen LogP contribution in [0.3, 0.4) is 0 Å². The van der Waals surface area contributed by atoms with E-state index in [4.69, 9.17) is 33.7 Å². The molecule has 51 heavy (non-hydrogen) atoms. The zero-order valence-corrected chi connectivity index (χ0v) is 29.6. The number of methoxy groups -OCH3 is 1. The Morgan fingerprint density at radius 3 is 2.61 bits per heavy atom. The van der Waals surface area contributed by atoms with Crippen molar-refractivity contribution in [1.29, 1.82) is 5.26 Å². The van der Waals surface area contributed by atoms with Gasteiger partial charge in [0.25, 0.3) is 0 Å². The second-order valence-electron chi connectivity index (χ2n) is 11.8. The van der Waals surface area contributed by atoms with E-state index >= 15 is 0 Å². The molecule has 0 radical (unpaired) electrons. The minimum absolute atomic E-state index is 0.0549. The molecule has 3 aromatic carbocycles. The number of piperazine rings is 1. The van der Waals surface area contributed by atoms with Crippen molar-refractivity contribution in [2.45, 2.75) is 31.7 Å². The number of nitrogen functional groups attached to an aromatic ring is 1. The van der Waals surface area contributed by atoms with E-state index in [9.17, 15) is 24.4 Å². The van der Waals surface area contributed by atoms with E-state index < -0.39 is 24.2 Å². The van der Waals surface area contributed by atoms with Crippen molar-refractivity contribution in [3.63, 3.8) is 0 Å². The minimum Gasteiger partial charge on any atom is -0.482 e. The molecule has 2 aliphatic heterocycles. The lowest BCUT2D eigenvalue weighted by Gasteiger charge is -2.46. The number of nitrogens with one attached hydrogen (secondary N) is 1. The lowest BCUT2D eigenvalue weighted by molar-refractivity contribution is -0.157. The molecule has 6 rings (SSSR count). The van der Waals surface area contributed by atoms with Gasteiger partial charge in [-0.25, -0.2) is 19.6 Å². The Balaban J connectivity index is 1.28. The summed E-state index contributed by atoms with van der Waals surface area (Å²) < 4.78 is 11.0. The largest absolute Gasteiger partial charge is 0.482 e. The van der Waals surface area contributed by atoms with Crippen LogP contribution in [0.1, 0.15) is 16.7 Å². The fourth-order valence-electron chi connectivity index (χ4n) is 6.16. The van der Waals surface area contributed by atoms with Crippen LogP contribution >= 0.6 is 34.5 Å². The van der Waals surface area contributed by atoms with E-state index in [-0.39, 0.29) is 57.6 Å². The van der Waals surface area contributed by atoms with Crippen molar-refractivity contribution in [3.8, 4) is 11.8 Å². The molecule has 0 spiro atoms. The number of nitriles is 1. The van der Waals surface area contributed by atoms with Gasteiger partial charge in [0.15, 0.2) is 11.7 Å². The highest BCUT2D eigenvalue weighted by atomic mass is 35.5. The number of amides is 4. The quantitative estimate of drug-likeness (QED) is 0.170. The molecule has 264 valence electrons. The van der Waals surface area contributed by atoms with Crippen molar-refractivity contribution >= 4 is 73.7 Å². The smallest absolute Gasteiger partial charge is 0.343 e. The average Bonchev–Trinajstić information content (AvgIpc) is 3.67. The maximum absolute atomic E-state index is 14.3. The first kappa shape index (κ1) is 35.7. The number of urea groups is 1. The number of nitrogens with two attached hydrogens (primary N) is 1. The van der Waals surface area contributed by atoms with Crippen LogP contribution < -0.4 is 15.8 Å². The van der Waals surface area contributed by atoms with Gasteiger partial charge in [-0.2, -0.15) is 10.3 Å². The number of hydrogen-bond donors (Lipinski definition) is 2. The summed E-state index contributed by atoms with van der Waals surface area (Å²) in [6.45, 7) is -0.537. The fourth-order valence-corrected chi connectivity index (χ4v) is 7.26. The van der Waals surface area contributed by atoms with Crippen LogP contribution in [0, 0.1) is 11.3 Å². The Hall–Kier alpha value is -5.14. The van der Waals surface area contributed by atoms with Crippen molar-refractivity contribution in [2.24, 2.45) is 0 Å². The number of esters is 1. The van der Waals surface area contributed by atoms with Gasteiger partial charge in [-0.15, -0.1) is 0 Å². The average molecular weight is 752 g/mol. The van der Waals surface area contributed by atoms with E-state index in [1.54, 1.807) is 47.4 Å². The number of halogens is 2. The first-order valence-corrected chi connectivity index (χ1v) is 17.3. The number of fused-ring (bicyclic) bond motifs is 2. The number of nitrogens with zero attached hydrogens (tertiary/aromatic N) is 6. The van der Waals surface area contributed by atoms with Gasteiger partial charge in [-0.3, -0.25) is 9.59 Å². The van der Waals surface area contributed by atoms with Gasteiger partial charge in [0.2, 0.25) is 11.8 Å². The molecular formula is C34H32Cl2N8O6S. The summed E-state index contributed by atoms with van der Waals surface area (Å²) >= 11 is 13.5. The summed E-state index contributed by atoms with van der Waals surface area (Å²) in [6, 6.07) is 17.9. The second-order valence-corrected chi connectivity index (χ2v) is 13.6. The van der Waals surface area contributed by atoms with Crippen molar-refractivity contribution < 1.29 is 28.7 Å². The highest BCUT2D eigenvalue weighted by Crippen LogP contribution is 2.33. The molecule has 0 unspecified atom stereocenters. The van der Waals surface area contributed by atoms with Crippen LogP contribution in [-0.4, -0.2) is 94.2 Å². The highest BCUT2D eigenvalue weighted by Gasteiger charge is 2.52. The molecule has 0 bridgehead atoms. The number of thiazole rings is 1. The van der Waals surface area contributed by atoms with Crippen LogP contribution in [0.15, 0.2) is 60.7 Å². The molecule has 2 aliphatic rings.